The summed E-state index contributed by atoms with van der Waals surface area (Å²) in [5.41, 5.74) is 0. The summed E-state index contributed by atoms with van der Waals surface area (Å²) < 4.78 is 23.4. The predicted octanol–water partition coefficient (Wildman–Crippen LogP) is -0.450. The Morgan fingerprint density at radius 1 is 1.35 bits per heavy atom. The zero-order valence-electron chi connectivity index (χ0n) is 9.93. The van der Waals surface area contributed by atoms with Crippen LogP contribution in [-0.2, 0) is 14.6 Å². The fraction of sp³-hybridized carbons (Fsp3) is 0.727. The Bertz CT molecular complexity index is 422. The second-order valence-electron chi connectivity index (χ2n) is 4.58. The summed E-state index contributed by atoms with van der Waals surface area (Å²) in [6.07, 6.45) is 5.77. The van der Waals surface area contributed by atoms with Gasteiger partial charge < -0.3 is 10.2 Å². The van der Waals surface area contributed by atoms with Gasteiger partial charge in [0.25, 0.3) is 0 Å². The molecule has 1 saturated heterocycles. The van der Waals surface area contributed by atoms with E-state index in [9.17, 15) is 13.2 Å². The van der Waals surface area contributed by atoms with Crippen LogP contribution in [0.2, 0.25) is 0 Å². The maximum atomic E-state index is 12.2. The molecule has 1 aliphatic heterocycles. The van der Waals surface area contributed by atoms with E-state index in [0.29, 0.717) is 6.54 Å². The maximum Gasteiger partial charge on any atom is 0.241 e. The number of hydrogen-bond acceptors (Lipinski definition) is 4. The first-order valence-corrected chi connectivity index (χ1v) is 7.69. The summed E-state index contributed by atoms with van der Waals surface area (Å²) >= 11 is 0. The van der Waals surface area contributed by atoms with Crippen LogP contribution in [0.1, 0.15) is 12.8 Å². The van der Waals surface area contributed by atoms with Crippen molar-refractivity contribution in [1.82, 2.24) is 10.2 Å². The minimum atomic E-state index is -3.12. The van der Waals surface area contributed by atoms with E-state index < -0.39 is 15.9 Å². The van der Waals surface area contributed by atoms with Crippen LogP contribution in [0.15, 0.2) is 12.2 Å². The predicted molar refractivity (Wildman–Crippen MR) is 65.4 cm³/mol. The van der Waals surface area contributed by atoms with Crippen LogP contribution in [-0.4, -0.2) is 56.4 Å². The summed E-state index contributed by atoms with van der Waals surface area (Å²) in [7, 11) is -1.49. The van der Waals surface area contributed by atoms with Crippen molar-refractivity contribution in [2.24, 2.45) is 0 Å². The van der Waals surface area contributed by atoms with Gasteiger partial charge in [0, 0.05) is 12.6 Å². The Kier molecular flexibility index (Phi) is 3.53. The van der Waals surface area contributed by atoms with Crippen LogP contribution in [0.5, 0.6) is 0 Å². The summed E-state index contributed by atoms with van der Waals surface area (Å²) in [6.45, 7) is 0.325. The number of hydrogen-bond donors (Lipinski definition) is 1. The van der Waals surface area contributed by atoms with Gasteiger partial charge in [0.15, 0.2) is 9.84 Å². The molecule has 0 aromatic heterocycles. The van der Waals surface area contributed by atoms with Gasteiger partial charge in [-0.05, 0) is 19.9 Å². The molecule has 1 fully saturated rings. The standard InChI is InChI=1S/C11H18N2O3S/c1-12-10-8-17(15,16)7-6-13(11(10)14)9-4-2-3-5-9/h2-3,9-10,12H,4-8H2,1H3. The Balaban J connectivity index is 2.19. The fourth-order valence-electron chi connectivity index (χ4n) is 2.38. The number of nitrogens with zero attached hydrogens (tertiary/aromatic N) is 1. The van der Waals surface area contributed by atoms with Crippen LogP contribution < -0.4 is 5.32 Å². The molecule has 2 aliphatic rings. The molecule has 1 N–H and O–H groups in total. The van der Waals surface area contributed by atoms with Crippen molar-refractivity contribution in [2.45, 2.75) is 24.9 Å². The highest BCUT2D eigenvalue weighted by atomic mass is 32.2. The maximum absolute atomic E-state index is 12.2. The molecule has 0 radical (unpaired) electrons. The zero-order valence-corrected chi connectivity index (χ0v) is 10.7. The van der Waals surface area contributed by atoms with Gasteiger partial charge in [0.2, 0.25) is 5.91 Å². The quantitative estimate of drug-likeness (QED) is 0.681. The topological polar surface area (TPSA) is 66.5 Å². The van der Waals surface area contributed by atoms with Crippen LogP contribution in [0.3, 0.4) is 0 Å². The van der Waals surface area contributed by atoms with Gasteiger partial charge in [-0.3, -0.25) is 4.79 Å². The van der Waals surface area contributed by atoms with Crippen LogP contribution in [0.25, 0.3) is 0 Å². The lowest BCUT2D eigenvalue weighted by Crippen LogP contribution is -2.49. The monoisotopic (exact) mass is 258 g/mol. The third-order valence-corrected chi connectivity index (χ3v) is 5.06. The lowest BCUT2D eigenvalue weighted by Gasteiger charge is -2.29. The first kappa shape index (κ1) is 12.6. The molecule has 0 aromatic carbocycles. The molecule has 96 valence electrons. The normalized spacial score (nSPS) is 29.6. The van der Waals surface area contributed by atoms with Crippen molar-refractivity contribution in [3.8, 4) is 0 Å². The highest BCUT2D eigenvalue weighted by Crippen LogP contribution is 2.20. The highest BCUT2D eigenvalue weighted by molar-refractivity contribution is 7.91. The van der Waals surface area contributed by atoms with E-state index in [1.54, 1.807) is 11.9 Å². The minimum absolute atomic E-state index is 0.0768. The van der Waals surface area contributed by atoms with E-state index in [1.807, 2.05) is 12.2 Å². The number of sulfone groups is 1. The molecule has 5 nitrogen and oxygen atoms in total. The molecule has 1 aliphatic carbocycles. The van der Waals surface area contributed by atoms with Crippen LogP contribution in [0.4, 0.5) is 0 Å². The number of carbonyl (C=O) groups is 1. The second-order valence-corrected chi connectivity index (χ2v) is 6.81. The molecular formula is C11H18N2O3S. The van der Waals surface area contributed by atoms with E-state index >= 15 is 0 Å². The largest absolute Gasteiger partial charge is 0.337 e. The van der Waals surface area contributed by atoms with Crippen LogP contribution in [0, 0.1) is 0 Å². The van der Waals surface area contributed by atoms with Crippen molar-refractivity contribution in [3.05, 3.63) is 12.2 Å². The number of likely N-dealkylation sites (N-methyl/N-ethyl adjacent to an activating group) is 1. The Morgan fingerprint density at radius 2 is 2.00 bits per heavy atom. The fourth-order valence-corrected chi connectivity index (χ4v) is 3.84. The first-order chi connectivity index (χ1) is 8.03. The molecule has 0 spiro atoms. The summed E-state index contributed by atoms with van der Waals surface area (Å²) in [5.74, 6) is -0.0888. The Hall–Kier alpha value is -0.880. The van der Waals surface area contributed by atoms with Gasteiger partial charge in [0.05, 0.1) is 11.5 Å². The lowest BCUT2D eigenvalue weighted by molar-refractivity contribution is -0.134. The molecule has 6 heteroatoms. The Labute approximate surface area is 102 Å². The molecule has 1 unspecified atom stereocenters. The number of amides is 1. The highest BCUT2D eigenvalue weighted by Gasteiger charge is 2.35. The van der Waals surface area contributed by atoms with Crippen molar-refractivity contribution in [3.63, 3.8) is 0 Å². The van der Waals surface area contributed by atoms with E-state index in [1.165, 1.54) is 0 Å². The van der Waals surface area contributed by atoms with Gasteiger partial charge in [-0.2, -0.15) is 0 Å². The van der Waals surface area contributed by atoms with Crippen LogP contribution >= 0.6 is 0 Å². The average molecular weight is 258 g/mol. The van der Waals surface area contributed by atoms with E-state index in [4.69, 9.17) is 0 Å². The van der Waals surface area contributed by atoms with E-state index in [0.717, 1.165) is 12.8 Å². The summed E-state index contributed by atoms with van der Waals surface area (Å²) in [5, 5.41) is 2.81. The zero-order chi connectivity index (χ0) is 12.5. The molecular weight excluding hydrogens is 240 g/mol. The van der Waals surface area contributed by atoms with Gasteiger partial charge in [-0.25, -0.2) is 8.42 Å². The average Bonchev–Trinajstić information content (AvgIpc) is 2.75. The Morgan fingerprint density at radius 3 is 2.59 bits per heavy atom. The van der Waals surface area contributed by atoms with Crippen molar-refractivity contribution in [2.75, 3.05) is 25.1 Å². The molecule has 0 aromatic rings. The first-order valence-electron chi connectivity index (χ1n) is 5.86. The number of rotatable bonds is 2. The molecule has 1 heterocycles. The SMILES string of the molecule is CNC1CS(=O)(=O)CCN(C2CC=CC2)C1=O. The van der Waals surface area contributed by atoms with Crippen molar-refractivity contribution in [1.29, 1.82) is 0 Å². The third-order valence-electron chi connectivity index (χ3n) is 3.42. The molecule has 1 amide bonds. The molecule has 0 bridgehead atoms. The molecule has 0 saturated carbocycles. The van der Waals surface area contributed by atoms with Crippen molar-refractivity contribution >= 4 is 15.7 Å². The number of nitrogens with one attached hydrogen (secondary N) is 1. The second kappa shape index (κ2) is 4.78. The molecule has 17 heavy (non-hydrogen) atoms. The lowest BCUT2D eigenvalue weighted by atomic mass is 10.1. The smallest absolute Gasteiger partial charge is 0.241 e. The van der Waals surface area contributed by atoms with Crippen molar-refractivity contribution < 1.29 is 13.2 Å². The summed E-state index contributed by atoms with van der Waals surface area (Å²) in [4.78, 5) is 14.0. The molecule has 2 rings (SSSR count). The minimum Gasteiger partial charge on any atom is -0.337 e. The third kappa shape index (κ3) is 2.69. The van der Waals surface area contributed by atoms with Gasteiger partial charge in [-0.1, -0.05) is 12.2 Å². The van der Waals surface area contributed by atoms with E-state index in [2.05, 4.69) is 5.32 Å². The van der Waals surface area contributed by atoms with Gasteiger partial charge in [0.1, 0.15) is 6.04 Å². The summed E-state index contributed by atoms with van der Waals surface area (Å²) in [6, 6.07) is -0.449. The van der Waals surface area contributed by atoms with E-state index in [-0.39, 0.29) is 23.5 Å². The molecule has 1 atom stereocenters. The van der Waals surface area contributed by atoms with Gasteiger partial charge >= 0.3 is 0 Å². The van der Waals surface area contributed by atoms with Gasteiger partial charge in [-0.15, -0.1) is 0 Å². The number of carbonyl (C=O) groups excluding carboxylic acids is 1.